The van der Waals surface area contributed by atoms with Crippen molar-refractivity contribution in [2.24, 2.45) is 0 Å². The van der Waals surface area contributed by atoms with Crippen LogP contribution in [0.1, 0.15) is 11.5 Å². The number of nitrogens with one attached hydrogen (secondary N) is 1. The Bertz CT molecular complexity index is 400. The lowest BCUT2D eigenvalue weighted by Gasteiger charge is -1.96. The van der Waals surface area contributed by atoms with E-state index >= 15 is 0 Å². The third kappa shape index (κ3) is 1.59. The Morgan fingerprint density at radius 3 is 2.46 bits per heavy atom. The molecule has 0 saturated heterocycles. The molecule has 2 aromatic rings. The van der Waals surface area contributed by atoms with Crippen LogP contribution in [0.3, 0.4) is 0 Å². The molecule has 0 aliphatic heterocycles. The Morgan fingerprint density at radius 2 is 1.92 bits per heavy atom. The Hall–Kier alpha value is -1.64. The maximum Gasteiger partial charge on any atom is 0.103 e. The number of hydrogen-bond donors (Lipinski definition) is 1. The molecule has 0 aliphatic carbocycles. The fraction of sp³-hybridized carbons (Fsp3) is 0.200. The number of nitrogens with zero attached hydrogens (tertiary/aromatic N) is 2. The number of pyridine rings is 1. The highest BCUT2D eigenvalue weighted by atomic mass is 14.9. The molecule has 3 nitrogen and oxygen atoms in total. The van der Waals surface area contributed by atoms with E-state index in [1.807, 2.05) is 38.4 Å². The molecular weight excluding hydrogens is 162 g/mol. The van der Waals surface area contributed by atoms with Crippen LogP contribution in [0.2, 0.25) is 0 Å². The predicted octanol–water partition coefficient (Wildman–Crippen LogP) is 2.09. The van der Waals surface area contributed by atoms with Gasteiger partial charge >= 0.3 is 0 Å². The zero-order valence-electron chi connectivity index (χ0n) is 7.70. The highest BCUT2D eigenvalue weighted by Gasteiger charge is 1.99. The van der Waals surface area contributed by atoms with Crippen molar-refractivity contribution in [3.05, 3.63) is 36.0 Å². The first-order chi connectivity index (χ1) is 6.25. The Kier molecular flexibility index (Phi) is 1.85. The number of aryl methyl sites for hydroxylation is 2. The minimum Gasteiger partial charge on any atom is -0.342 e. The van der Waals surface area contributed by atoms with Crippen LogP contribution in [-0.2, 0) is 0 Å². The number of aromatic amines is 1. The Balaban J connectivity index is 2.41. The van der Waals surface area contributed by atoms with Gasteiger partial charge in [-0.3, -0.25) is 4.98 Å². The first-order valence-corrected chi connectivity index (χ1v) is 4.20. The molecule has 2 aromatic heterocycles. The van der Waals surface area contributed by atoms with Crippen molar-refractivity contribution >= 4 is 0 Å². The predicted molar refractivity (Wildman–Crippen MR) is 51.3 cm³/mol. The van der Waals surface area contributed by atoms with Gasteiger partial charge in [0.05, 0.1) is 11.9 Å². The SMILES string of the molecule is Cc1ccc(-c2cnc(C)[nH]2)cn1. The summed E-state index contributed by atoms with van der Waals surface area (Å²) >= 11 is 0. The van der Waals surface area contributed by atoms with Crippen molar-refractivity contribution < 1.29 is 0 Å². The number of aromatic nitrogens is 3. The van der Waals surface area contributed by atoms with E-state index in [9.17, 15) is 0 Å². The topological polar surface area (TPSA) is 41.6 Å². The van der Waals surface area contributed by atoms with Crippen LogP contribution >= 0.6 is 0 Å². The molecular formula is C10H11N3. The van der Waals surface area contributed by atoms with E-state index < -0.39 is 0 Å². The van der Waals surface area contributed by atoms with E-state index in [-0.39, 0.29) is 0 Å². The monoisotopic (exact) mass is 173 g/mol. The lowest BCUT2D eigenvalue weighted by atomic mass is 10.2. The van der Waals surface area contributed by atoms with Crippen molar-refractivity contribution in [3.63, 3.8) is 0 Å². The van der Waals surface area contributed by atoms with Crippen LogP contribution in [0, 0.1) is 13.8 Å². The maximum atomic E-state index is 4.22. The second-order valence-corrected chi connectivity index (χ2v) is 3.07. The van der Waals surface area contributed by atoms with Crippen LogP contribution in [0.25, 0.3) is 11.3 Å². The third-order valence-electron chi connectivity index (χ3n) is 1.93. The van der Waals surface area contributed by atoms with Gasteiger partial charge in [0.1, 0.15) is 5.82 Å². The van der Waals surface area contributed by atoms with Gasteiger partial charge in [0, 0.05) is 17.5 Å². The van der Waals surface area contributed by atoms with Crippen molar-refractivity contribution in [2.45, 2.75) is 13.8 Å². The van der Waals surface area contributed by atoms with Crippen LogP contribution in [0.15, 0.2) is 24.5 Å². The normalized spacial score (nSPS) is 10.3. The maximum absolute atomic E-state index is 4.22. The van der Waals surface area contributed by atoms with Gasteiger partial charge in [-0.25, -0.2) is 4.98 Å². The second-order valence-electron chi connectivity index (χ2n) is 3.07. The third-order valence-corrected chi connectivity index (χ3v) is 1.93. The quantitative estimate of drug-likeness (QED) is 0.717. The molecule has 0 bridgehead atoms. The molecule has 0 spiro atoms. The number of H-pyrrole nitrogens is 1. The fourth-order valence-corrected chi connectivity index (χ4v) is 1.19. The minimum atomic E-state index is 0.926. The van der Waals surface area contributed by atoms with Gasteiger partial charge in [0.15, 0.2) is 0 Å². The number of rotatable bonds is 1. The molecule has 3 heteroatoms. The molecule has 0 aromatic carbocycles. The average Bonchev–Trinajstić information content (AvgIpc) is 2.53. The van der Waals surface area contributed by atoms with Crippen LogP contribution in [-0.4, -0.2) is 15.0 Å². The smallest absolute Gasteiger partial charge is 0.103 e. The molecule has 0 aliphatic rings. The summed E-state index contributed by atoms with van der Waals surface area (Å²) in [6.45, 7) is 3.91. The Labute approximate surface area is 76.9 Å². The number of imidazole rings is 1. The van der Waals surface area contributed by atoms with E-state index in [1.165, 1.54) is 0 Å². The second kappa shape index (κ2) is 3.01. The first-order valence-electron chi connectivity index (χ1n) is 4.20. The van der Waals surface area contributed by atoms with Gasteiger partial charge in [-0.15, -0.1) is 0 Å². The van der Waals surface area contributed by atoms with Crippen molar-refractivity contribution in [1.29, 1.82) is 0 Å². The molecule has 0 amide bonds. The lowest BCUT2D eigenvalue weighted by Crippen LogP contribution is -1.82. The molecule has 0 saturated carbocycles. The zero-order chi connectivity index (χ0) is 9.26. The van der Waals surface area contributed by atoms with E-state index in [2.05, 4.69) is 15.0 Å². The van der Waals surface area contributed by atoms with E-state index in [1.54, 1.807) is 0 Å². The minimum absolute atomic E-state index is 0.926. The summed E-state index contributed by atoms with van der Waals surface area (Å²) in [5.74, 6) is 0.926. The van der Waals surface area contributed by atoms with Crippen LogP contribution in [0.5, 0.6) is 0 Å². The van der Waals surface area contributed by atoms with E-state index in [4.69, 9.17) is 0 Å². The van der Waals surface area contributed by atoms with Crippen molar-refractivity contribution in [2.75, 3.05) is 0 Å². The van der Waals surface area contributed by atoms with Gasteiger partial charge in [-0.2, -0.15) is 0 Å². The first kappa shape index (κ1) is 7.98. The summed E-state index contributed by atoms with van der Waals surface area (Å²) in [5.41, 5.74) is 3.12. The largest absolute Gasteiger partial charge is 0.342 e. The zero-order valence-corrected chi connectivity index (χ0v) is 7.70. The number of hydrogen-bond acceptors (Lipinski definition) is 2. The van der Waals surface area contributed by atoms with E-state index in [0.717, 1.165) is 22.8 Å². The fourth-order valence-electron chi connectivity index (χ4n) is 1.19. The van der Waals surface area contributed by atoms with Gasteiger partial charge < -0.3 is 4.98 Å². The summed E-state index contributed by atoms with van der Waals surface area (Å²) in [6.07, 6.45) is 3.67. The summed E-state index contributed by atoms with van der Waals surface area (Å²) in [5, 5.41) is 0. The molecule has 0 atom stereocenters. The summed E-state index contributed by atoms with van der Waals surface area (Å²) in [6, 6.07) is 4.03. The summed E-state index contributed by atoms with van der Waals surface area (Å²) < 4.78 is 0. The molecule has 0 fully saturated rings. The molecule has 1 N–H and O–H groups in total. The van der Waals surface area contributed by atoms with Gasteiger partial charge in [0.25, 0.3) is 0 Å². The van der Waals surface area contributed by atoms with Gasteiger partial charge in [-0.05, 0) is 26.0 Å². The van der Waals surface area contributed by atoms with Crippen molar-refractivity contribution in [3.8, 4) is 11.3 Å². The average molecular weight is 173 g/mol. The van der Waals surface area contributed by atoms with Gasteiger partial charge in [0.2, 0.25) is 0 Å². The highest BCUT2D eigenvalue weighted by molar-refractivity contribution is 5.56. The van der Waals surface area contributed by atoms with Crippen LogP contribution in [0.4, 0.5) is 0 Å². The molecule has 0 unspecified atom stereocenters. The summed E-state index contributed by atoms with van der Waals surface area (Å²) in [4.78, 5) is 11.5. The summed E-state index contributed by atoms with van der Waals surface area (Å²) in [7, 11) is 0. The van der Waals surface area contributed by atoms with Gasteiger partial charge in [-0.1, -0.05) is 0 Å². The van der Waals surface area contributed by atoms with Crippen LogP contribution < -0.4 is 0 Å². The Morgan fingerprint density at radius 1 is 1.08 bits per heavy atom. The van der Waals surface area contributed by atoms with E-state index in [0.29, 0.717) is 0 Å². The molecule has 2 heterocycles. The highest BCUT2D eigenvalue weighted by Crippen LogP contribution is 2.15. The molecule has 2 rings (SSSR count). The molecule has 66 valence electrons. The lowest BCUT2D eigenvalue weighted by molar-refractivity contribution is 1.15. The van der Waals surface area contributed by atoms with Crippen molar-refractivity contribution in [1.82, 2.24) is 15.0 Å². The molecule has 0 radical (unpaired) electrons. The molecule has 13 heavy (non-hydrogen) atoms. The standard InChI is InChI=1S/C10H11N3/c1-7-3-4-9(5-11-7)10-6-12-8(2)13-10/h3-6H,1-2H3,(H,12,13).